The van der Waals surface area contributed by atoms with Crippen molar-refractivity contribution < 1.29 is 14.3 Å². The molecule has 0 heterocycles. The average molecular weight is 318 g/mol. The number of rotatable bonds is 5. The van der Waals surface area contributed by atoms with E-state index < -0.39 is 5.54 Å². The van der Waals surface area contributed by atoms with Gasteiger partial charge in [0.1, 0.15) is 5.54 Å². The van der Waals surface area contributed by atoms with Gasteiger partial charge in [-0.15, -0.1) is 0 Å². The molecule has 23 heavy (non-hydrogen) atoms. The van der Waals surface area contributed by atoms with Crippen LogP contribution in [0.4, 0.5) is 0 Å². The first-order valence-corrected chi connectivity index (χ1v) is 8.98. The lowest BCUT2D eigenvalue weighted by Gasteiger charge is -2.31. The average Bonchev–Trinajstić information content (AvgIpc) is 3.16. The van der Waals surface area contributed by atoms with Crippen LogP contribution in [0.2, 0.25) is 0 Å². The minimum atomic E-state index is -0.758. The summed E-state index contributed by atoms with van der Waals surface area (Å²) in [7, 11) is 0. The third-order valence-electron chi connectivity index (χ3n) is 5.98. The van der Waals surface area contributed by atoms with Crippen LogP contribution in [0.25, 0.3) is 0 Å². The van der Waals surface area contributed by atoms with E-state index in [1.807, 2.05) is 0 Å². The standard InChI is InChI=1S/C18H26N2O3/c19-12-18(6-2-1-3-7-18)20-16(21)11-23-17(22)10-15-9-13-4-5-14(15)8-13/h13-15H,1-11H2,(H,20,21)/t13-,14+,15+/m0/s1. The zero-order valence-corrected chi connectivity index (χ0v) is 13.7. The third kappa shape index (κ3) is 3.85. The van der Waals surface area contributed by atoms with Crippen molar-refractivity contribution in [2.24, 2.45) is 17.8 Å². The number of carbonyl (C=O) groups excluding carboxylic acids is 2. The van der Waals surface area contributed by atoms with Crippen molar-refractivity contribution in [3.05, 3.63) is 0 Å². The van der Waals surface area contributed by atoms with E-state index in [1.165, 1.54) is 19.3 Å². The van der Waals surface area contributed by atoms with Crippen molar-refractivity contribution in [3.63, 3.8) is 0 Å². The monoisotopic (exact) mass is 318 g/mol. The largest absolute Gasteiger partial charge is 0.456 e. The van der Waals surface area contributed by atoms with E-state index in [4.69, 9.17) is 4.74 Å². The minimum absolute atomic E-state index is 0.261. The zero-order chi connectivity index (χ0) is 16.3. The Kier molecular flexibility index (Phi) is 4.89. The predicted octanol–water partition coefficient (Wildman–Crippen LogP) is 2.70. The van der Waals surface area contributed by atoms with Crippen LogP contribution in [0.3, 0.4) is 0 Å². The number of ether oxygens (including phenoxy) is 1. The zero-order valence-electron chi connectivity index (χ0n) is 13.7. The fourth-order valence-electron chi connectivity index (χ4n) is 4.77. The van der Waals surface area contributed by atoms with Crippen molar-refractivity contribution in [3.8, 4) is 6.07 Å². The number of esters is 1. The fraction of sp³-hybridized carbons (Fsp3) is 0.833. The quantitative estimate of drug-likeness (QED) is 0.790. The first kappa shape index (κ1) is 16.3. The molecule has 1 N–H and O–H groups in total. The molecule has 1 amide bonds. The molecule has 126 valence electrons. The van der Waals surface area contributed by atoms with E-state index >= 15 is 0 Å². The minimum Gasteiger partial charge on any atom is -0.456 e. The van der Waals surface area contributed by atoms with Gasteiger partial charge in [-0.2, -0.15) is 5.26 Å². The van der Waals surface area contributed by atoms with Gasteiger partial charge in [-0.25, -0.2) is 0 Å². The summed E-state index contributed by atoms with van der Waals surface area (Å²) in [6, 6.07) is 2.24. The first-order valence-electron chi connectivity index (χ1n) is 8.98. The van der Waals surface area contributed by atoms with E-state index in [-0.39, 0.29) is 18.5 Å². The van der Waals surface area contributed by atoms with Gasteiger partial charge in [-0.1, -0.05) is 25.7 Å². The second kappa shape index (κ2) is 6.90. The van der Waals surface area contributed by atoms with Crippen LogP contribution in [0.5, 0.6) is 0 Å². The second-order valence-electron chi connectivity index (χ2n) is 7.60. The summed E-state index contributed by atoms with van der Waals surface area (Å²) in [5, 5.41) is 12.1. The number of carbonyl (C=O) groups is 2. The molecule has 0 saturated heterocycles. The summed E-state index contributed by atoms with van der Waals surface area (Å²) in [6.07, 6.45) is 9.81. The molecule has 3 fully saturated rings. The Labute approximate surface area is 137 Å². The Morgan fingerprint density at radius 2 is 1.96 bits per heavy atom. The SMILES string of the molecule is N#CC1(NC(=O)COC(=O)C[C@H]2C[C@H]3CC[C@@H]2C3)CCCCC1. The number of hydrogen-bond donors (Lipinski definition) is 1. The molecular formula is C18H26N2O3. The molecule has 3 aliphatic carbocycles. The van der Waals surface area contributed by atoms with Crippen molar-refractivity contribution in [1.82, 2.24) is 5.32 Å². The van der Waals surface area contributed by atoms with Gasteiger partial charge in [-0.05, 0) is 49.9 Å². The van der Waals surface area contributed by atoms with E-state index in [0.29, 0.717) is 31.1 Å². The predicted molar refractivity (Wildman–Crippen MR) is 84.1 cm³/mol. The van der Waals surface area contributed by atoms with Gasteiger partial charge in [0.05, 0.1) is 6.07 Å². The fourth-order valence-corrected chi connectivity index (χ4v) is 4.77. The molecule has 0 spiro atoms. The normalized spacial score (nSPS) is 31.3. The molecule has 5 heteroatoms. The van der Waals surface area contributed by atoms with Crippen LogP contribution < -0.4 is 5.32 Å². The molecule has 5 nitrogen and oxygen atoms in total. The van der Waals surface area contributed by atoms with Crippen LogP contribution >= 0.6 is 0 Å². The molecule has 0 unspecified atom stereocenters. The summed E-state index contributed by atoms with van der Waals surface area (Å²) in [6.45, 7) is -0.261. The Bertz CT molecular complexity index is 505. The number of fused-ring (bicyclic) bond motifs is 2. The first-order chi connectivity index (χ1) is 11.1. The van der Waals surface area contributed by atoms with Gasteiger partial charge < -0.3 is 10.1 Å². The highest BCUT2D eigenvalue weighted by molar-refractivity contribution is 5.81. The van der Waals surface area contributed by atoms with Crippen molar-refractivity contribution in [2.45, 2.75) is 69.7 Å². The summed E-state index contributed by atoms with van der Waals surface area (Å²) in [5.74, 6) is 1.32. The maximum absolute atomic E-state index is 12.0. The highest BCUT2D eigenvalue weighted by Gasteiger charge is 2.40. The molecule has 3 rings (SSSR count). The lowest BCUT2D eigenvalue weighted by atomic mass is 9.83. The molecule has 0 aliphatic heterocycles. The highest BCUT2D eigenvalue weighted by atomic mass is 16.5. The maximum Gasteiger partial charge on any atom is 0.306 e. The smallest absolute Gasteiger partial charge is 0.306 e. The van der Waals surface area contributed by atoms with Crippen LogP contribution in [-0.4, -0.2) is 24.0 Å². The summed E-state index contributed by atoms with van der Waals surface area (Å²) in [4.78, 5) is 24.0. The molecule has 0 aromatic rings. The molecule has 0 aromatic carbocycles. The molecule has 0 aromatic heterocycles. The molecule has 3 atom stereocenters. The molecule has 0 radical (unpaired) electrons. The van der Waals surface area contributed by atoms with Gasteiger partial charge >= 0.3 is 5.97 Å². The Morgan fingerprint density at radius 3 is 2.57 bits per heavy atom. The van der Waals surface area contributed by atoms with Crippen LogP contribution in [0.1, 0.15) is 64.2 Å². The van der Waals surface area contributed by atoms with Gasteiger partial charge in [0, 0.05) is 6.42 Å². The van der Waals surface area contributed by atoms with E-state index in [1.54, 1.807) is 0 Å². The molecule has 3 saturated carbocycles. The van der Waals surface area contributed by atoms with Crippen LogP contribution in [-0.2, 0) is 14.3 Å². The molecule has 2 bridgehead atoms. The summed E-state index contributed by atoms with van der Waals surface area (Å²) < 4.78 is 5.14. The van der Waals surface area contributed by atoms with Crippen LogP contribution in [0.15, 0.2) is 0 Å². The van der Waals surface area contributed by atoms with Gasteiger partial charge in [0.15, 0.2) is 6.61 Å². The summed E-state index contributed by atoms with van der Waals surface area (Å²) in [5.41, 5.74) is -0.758. The number of nitrogens with zero attached hydrogens (tertiary/aromatic N) is 1. The lowest BCUT2D eigenvalue weighted by molar-refractivity contribution is -0.150. The number of hydrogen-bond acceptors (Lipinski definition) is 4. The molecular weight excluding hydrogens is 292 g/mol. The molecule has 3 aliphatic rings. The highest BCUT2D eigenvalue weighted by Crippen LogP contribution is 2.49. The van der Waals surface area contributed by atoms with Crippen LogP contribution in [0, 0.1) is 29.1 Å². The second-order valence-corrected chi connectivity index (χ2v) is 7.60. The van der Waals surface area contributed by atoms with Crippen molar-refractivity contribution >= 4 is 11.9 Å². The Balaban J connectivity index is 1.40. The maximum atomic E-state index is 12.0. The third-order valence-corrected chi connectivity index (χ3v) is 5.98. The Hall–Kier alpha value is -1.57. The van der Waals surface area contributed by atoms with Crippen molar-refractivity contribution in [2.75, 3.05) is 6.61 Å². The van der Waals surface area contributed by atoms with E-state index in [2.05, 4.69) is 11.4 Å². The van der Waals surface area contributed by atoms with Gasteiger partial charge in [0.25, 0.3) is 5.91 Å². The van der Waals surface area contributed by atoms with E-state index in [9.17, 15) is 14.9 Å². The van der Waals surface area contributed by atoms with Crippen molar-refractivity contribution in [1.29, 1.82) is 5.26 Å². The van der Waals surface area contributed by atoms with Gasteiger partial charge in [-0.3, -0.25) is 9.59 Å². The summed E-state index contributed by atoms with van der Waals surface area (Å²) >= 11 is 0. The lowest BCUT2D eigenvalue weighted by Crippen LogP contribution is -2.50. The number of nitriles is 1. The number of nitrogens with one attached hydrogen (secondary N) is 1. The topological polar surface area (TPSA) is 79.2 Å². The number of amides is 1. The van der Waals surface area contributed by atoms with Gasteiger partial charge in [0.2, 0.25) is 0 Å². The van der Waals surface area contributed by atoms with E-state index in [0.717, 1.165) is 31.6 Å². The Morgan fingerprint density at radius 1 is 1.17 bits per heavy atom.